The van der Waals surface area contributed by atoms with Crippen LogP contribution >= 0.6 is 0 Å². The molecular formula is C17H27FN2. The third-order valence-electron chi connectivity index (χ3n) is 4.44. The Morgan fingerprint density at radius 3 is 2.95 bits per heavy atom. The molecule has 2 nitrogen and oxygen atoms in total. The molecule has 0 aromatic heterocycles. The van der Waals surface area contributed by atoms with Gasteiger partial charge in [0.25, 0.3) is 0 Å². The second-order valence-corrected chi connectivity index (χ2v) is 6.06. The van der Waals surface area contributed by atoms with Gasteiger partial charge in [0.1, 0.15) is 5.82 Å². The van der Waals surface area contributed by atoms with Crippen LogP contribution in [0.4, 0.5) is 4.39 Å². The highest BCUT2D eigenvalue weighted by molar-refractivity contribution is 5.20. The quantitative estimate of drug-likeness (QED) is 0.885. The topological polar surface area (TPSA) is 15.3 Å². The standard InChI is InChI=1S/C17H27FN2/c1-14-5-4-10-20(11-8-14)12-9-17(19-2)15-6-3-7-16(18)13-15/h3,6-7,13-14,17,19H,4-5,8-12H2,1-2H3. The monoisotopic (exact) mass is 278 g/mol. The average molecular weight is 278 g/mol. The van der Waals surface area contributed by atoms with Crippen LogP contribution in [0.25, 0.3) is 0 Å². The van der Waals surface area contributed by atoms with Crippen molar-refractivity contribution in [3.63, 3.8) is 0 Å². The van der Waals surface area contributed by atoms with E-state index in [1.165, 1.54) is 38.4 Å². The lowest BCUT2D eigenvalue weighted by Crippen LogP contribution is -2.29. The maximum atomic E-state index is 13.3. The van der Waals surface area contributed by atoms with E-state index in [1.807, 2.05) is 13.1 Å². The minimum atomic E-state index is -0.147. The lowest BCUT2D eigenvalue weighted by atomic mass is 10.0. The van der Waals surface area contributed by atoms with Crippen LogP contribution in [0.5, 0.6) is 0 Å². The number of nitrogens with one attached hydrogen (secondary N) is 1. The molecule has 0 amide bonds. The van der Waals surface area contributed by atoms with Crippen molar-refractivity contribution in [3.8, 4) is 0 Å². The first kappa shape index (κ1) is 15.5. The molecule has 0 aliphatic carbocycles. The van der Waals surface area contributed by atoms with Gasteiger partial charge in [0.2, 0.25) is 0 Å². The van der Waals surface area contributed by atoms with Crippen molar-refractivity contribution in [1.82, 2.24) is 10.2 Å². The van der Waals surface area contributed by atoms with Gasteiger partial charge in [-0.25, -0.2) is 4.39 Å². The molecular weight excluding hydrogens is 251 g/mol. The minimum absolute atomic E-state index is 0.147. The van der Waals surface area contributed by atoms with Gasteiger partial charge >= 0.3 is 0 Å². The molecule has 1 aliphatic heterocycles. The first-order chi connectivity index (χ1) is 9.69. The Kier molecular flexibility index (Phi) is 5.99. The van der Waals surface area contributed by atoms with Crippen LogP contribution in [-0.2, 0) is 0 Å². The van der Waals surface area contributed by atoms with Gasteiger partial charge < -0.3 is 10.2 Å². The highest BCUT2D eigenvalue weighted by Gasteiger charge is 2.16. The highest BCUT2D eigenvalue weighted by Crippen LogP contribution is 2.20. The molecule has 2 rings (SSSR count). The summed E-state index contributed by atoms with van der Waals surface area (Å²) in [6.07, 6.45) is 5.01. The first-order valence-corrected chi connectivity index (χ1v) is 7.84. The second-order valence-electron chi connectivity index (χ2n) is 6.06. The predicted octanol–water partition coefficient (Wildman–Crippen LogP) is 3.60. The molecule has 2 atom stereocenters. The fourth-order valence-corrected chi connectivity index (χ4v) is 3.06. The first-order valence-electron chi connectivity index (χ1n) is 7.84. The molecule has 0 radical (unpaired) electrons. The van der Waals surface area contributed by atoms with E-state index in [0.29, 0.717) is 0 Å². The van der Waals surface area contributed by atoms with Crippen LogP contribution in [0.3, 0.4) is 0 Å². The van der Waals surface area contributed by atoms with E-state index in [9.17, 15) is 4.39 Å². The molecule has 1 heterocycles. The van der Waals surface area contributed by atoms with Gasteiger partial charge in [-0.1, -0.05) is 19.1 Å². The van der Waals surface area contributed by atoms with E-state index >= 15 is 0 Å². The molecule has 1 saturated heterocycles. The van der Waals surface area contributed by atoms with Gasteiger partial charge in [-0.3, -0.25) is 0 Å². The van der Waals surface area contributed by atoms with Crippen LogP contribution in [-0.4, -0.2) is 31.6 Å². The Hall–Kier alpha value is -0.930. The number of likely N-dealkylation sites (tertiary alicyclic amines) is 1. The van der Waals surface area contributed by atoms with Crippen LogP contribution in [0, 0.1) is 11.7 Å². The molecule has 1 aromatic carbocycles. The Bertz CT molecular complexity index is 408. The maximum absolute atomic E-state index is 13.3. The summed E-state index contributed by atoms with van der Waals surface area (Å²) >= 11 is 0. The second kappa shape index (κ2) is 7.75. The highest BCUT2D eigenvalue weighted by atomic mass is 19.1. The summed E-state index contributed by atoms with van der Waals surface area (Å²) in [4.78, 5) is 2.56. The molecule has 1 N–H and O–H groups in total. The van der Waals surface area contributed by atoms with Crippen molar-refractivity contribution < 1.29 is 4.39 Å². The summed E-state index contributed by atoms with van der Waals surface area (Å²) in [5.41, 5.74) is 1.05. The largest absolute Gasteiger partial charge is 0.313 e. The summed E-state index contributed by atoms with van der Waals surface area (Å²) in [6, 6.07) is 7.20. The van der Waals surface area contributed by atoms with Crippen LogP contribution in [0.2, 0.25) is 0 Å². The number of halogens is 1. The van der Waals surface area contributed by atoms with Gasteiger partial charge in [-0.15, -0.1) is 0 Å². The SMILES string of the molecule is CNC(CCN1CCCC(C)CC1)c1cccc(F)c1. The smallest absolute Gasteiger partial charge is 0.123 e. The van der Waals surface area contributed by atoms with E-state index in [4.69, 9.17) is 0 Å². The number of nitrogens with zero attached hydrogens (tertiary/aromatic N) is 1. The summed E-state index contributed by atoms with van der Waals surface area (Å²) in [6.45, 7) is 5.87. The van der Waals surface area contributed by atoms with Crippen molar-refractivity contribution in [2.24, 2.45) is 5.92 Å². The summed E-state index contributed by atoms with van der Waals surface area (Å²) in [7, 11) is 1.96. The van der Waals surface area contributed by atoms with Gasteiger partial charge in [-0.05, 0) is 76.0 Å². The van der Waals surface area contributed by atoms with Crippen LogP contribution in [0.15, 0.2) is 24.3 Å². The van der Waals surface area contributed by atoms with Gasteiger partial charge in [0.15, 0.2) is 0 Å². The predicted molar refractivity (Wildman–Crippen MR) is 82.3 cm³/mol. The van der Waals surface area contributed by atoms with Gasteiger partial charge in [0, 0.05) is 6.04 Å². The average Bonchev–Trinajstić information content (AvgIpc) is 2.64. The number of hydrogen-bond acceptors (Lipinski definition) is 2. The summed E-state index contributed by atoms with van der Waals surface area (Å²) in [5.74, 6) is 0.717. The molecule has 3 heteroatoms. The molecule has 1 aliphatic rings. The lowest BCUT2D eigenvalue weighted by molar-refractivity contribution is 0.265. The molecule has 1 aromatic rings. The van der Waals surface area contributed by atoms with Crippen molar-refractivity contribution in [2.45, 2.75) is 38.6 Å². The minimum Gasteiger partial charge on any atom is -0.313 e. The van der Waals surface area contributed by atoms with E-state index in [1.54, 1.807) is 12.1 Å². The summed E-state index contributed by atoms with van der Waals surface area (Å²) < 4.78 is 13.3. The zero-order valence-electron chi connectivity index (χ0n) is 12.7. The third-order valence-corrected chi connectivity index (χ3v) is 4.44. The normalized spacial score (nSPS) is 22.4. The van der Waals surface area contributed by atoms with Crippen molar-refractivity contribution in [2.75, 3.05) is 26.7 Å². The summed E-state index contributed by atoms with van der Waals surface area (Å²) in [5, 5.41) is 3.32. The van der Waals surface area contributed by atoms with Crippen molar-refractivity contribution in [3.05, 3.63) is 35.6 Å². The van der Waals surface area contributed by atoms with Crippen molar-refractivity contribution >= 4 is 0 Å². The molecule has 0 saturated carbocycles. The molecule has 0 spiro atoms. The van der Waals surface area contributed by atoms with E-state index in [-0.39, 0.29) is 11.9 Å². The fourth-order valence-electron chi connectivity index (χ4n) is 3.06. The maximum Gasteiger partial charge on any atom is 0.123 e. The molecule has 20 heavy (non-hydrogen) atoms. The van der Waals surface area contributed by atoms with E-state index in [0.717, 1.165) is 24.4 Å². The zero-order valence-corrected chi connectivity index (χ0v) is 12.7. The fraction of sp³-hybridized carbons (Fsp3) is 0.647. The van der Waals surface area contributed by atoms with Gasteiger partial charge in [0.05, 0.1) is 0 Å². The number of benzene rings is 1. The number of rotatable bonds is 5. The Labute approximate surface area is 122 Å². The Morgan fingerprint density at radius 1 is 1.35 bits per heavy atom. The Balaban J connectivity index is 1.87. The third kappa shape index (κ3) is 4.57. The zero-order chi connectivity index (χ0) is 14.4. The molecule has 2 unspecified atom stereocenters. The molecule has 0 bridgehead atoms. The van der Waals surface area contributed by atoms with Crippen LogP contribution in [0.1, 0.15) is 44.2 Å². The van der Waals surface area contributed by atoms with Gasteiger partial charge in [-0.2, -0.15) is 0 Å². The molecule has 112 valence electrons. The Morgan fingerprint density at radius 2 is 2.20 bits per heavy atom. The lowest BCUT2D eigenvalue weighted by Gasteiger charge is -2.24. The van der Waals surface area contributed by atoms with E-state index < -0.39 is 0 Å². The van der Waals surface area contributed by atoms with Crippen molar-refractivity contribution in [1.29, 1.82) is 0 Å². The van der Waals surface area contributed by atoms with Crippen LogP contribution < -0.4 is 5.32 Å². The van der Waals surface area contributed by atoms with E-state index in [2.05, 4.69) is 17.1 Å². The molecule has 1 fully saturated rings. The number of hydrogen-bond donors (Lipinski definition) is 1.